The molecule has 0 atom stereocenters. The molecule has 0 N–H and O–H groups in total. The van der Waals surface area contributed by atoms with Crippen molar-refractivity contribution in [1.82, 2.24) is 0 Å². The van der Waals surface area contributed by atoms with Crippen LogP contribution in [0.15, 0.2) is 0 Å². The number of hydrogen-bond acceptors (Lipinski definition) is 0. The van der Waals surface area contributed by atoms with E-state index < -0.39 is 0 Å². The Morgan fingerprint density at radius 1 is 0.438 bits per heavy atom. The van der Waals surface area contributed by atoms with E-state index >= 15 is 0 Å². The van der Waals surface area contributed by atoms with Gasteiger partial charge in [0.1, 0.15) is 0 Å². The van der Waals surface area contributed by atoms with Crippen molar-refractivity contribution < 1.29 is 0 Å². The van der Waals surface area contributed by atoms with Crippen molar-refractivity contribution in [2.45, 2.75) is 41.5 Å². The molecule has 0 aromatic heterocycles. The van der Waals surface area contributed by atoms with Crippen molar-refractivity contribution in [2.24, 2.45) is 0 Å². The molecule has 0 aromatic rings. The van der Waals surface area contributed by atoms with E-state index in [1.165, 1.54) is 37.0 Å². The van der Waals surface area contributed by atoms with Gasteiger partial charge in [0, 0.05) is 0 Å². The molecule has 0 saturated heterocycles. The lowest BCUT2D eigenvalue weighted by Gasteiger charge is -2.07. The van der Waals surface area contributed by atoms with Gasteiger partial charge in [-0.15, -0.1) is 49.8 Å². The molecule has 0 aliphatic carbocycles. The Kier molecular flexibility index (Phi) is 36.4. The summed E-state index contributed by atoms with van der Waals surface area (Å²) in [7, 11) is 0.892. The Bertz CT molecular complexity index is 72.0. The second kappa shape index (κ2) is 22.0. The van der Waals surface area contributed by atoms with Gasteiger partial charge in [-0.3, -0.25) is 0 Å². The first-order valence-electron chi connectivity index (χ1n) is 6.14. The topological polar surface area (TPSA) is 0 Å². The zero-order valence-corrected chi connectivity index (χ0v) is 17.2. The summed E-state index contributed by atoms with van der Waals surface area (Å²) in [5, 5.41) is 0. The third kappa shape index (κ3) is 18.2. The lowest BCUT2D eigenvalue weighted by molar-refractivity contribution is 1.35. The average Bonchev–Trinajstić information content (AvgIpc) is 2.24. The van der Waals surface area contributed by atoms with Crippen LogP contribution in [0.25, 0.3) is 0 Å². The molecule has 0 rings (SSSR count). The summed E-state index contributed by atoms with van der Waals surface area (Å²) >= 11 is 0. The Morgan fingerprint density at radius 2 is 0.562 bits per heavy atom. The van der Waals surface area contributed by atoms with Crippen LogP contribution in [0.2, 0.25) is 0 Å². The number of rotatable bonds is 6. The van der Waals surface area contributed by atoms with Crippen LogP contribution in [0, 0.1) is 0 Å². The highest BCUT2D eigenvalue weighted by atomic mass is 79.9. The molecule has 0 aliphatic heterocycles. The van der Waals surface area contributed by atoms with Crippen molar-refractivity contribution >= 4 is 49.8 Å². The van der Waals surface area contributed by atoms with Crippen molar-refractivity contribution in [2.75, 3.05) is 37.0 Å². The molecule has 0 aliphatic rings. The summed E-state index contributed by atoms with van der Waals surface area (Å²) in [4.78, 5) is 0. The fraction of sp³-hybridized carbons (Fsp3) is 1.00. The van der Waals surface area contributed by atoms with Crippen LogP contribution >= 0.6 is 49.8 Å². The van der Waals surface area contributed by atoms with E-state index in [9.17, 15) is 0 Å². The third-order valence-corrected chi connectivity index (χ3v) is 8.05. The molecule has 0 fully saturated rings. The van der Waals surface area contributed by atoms with Gasteiger partial charge >= 0.3 is 0 Å². The van der Waals surface area contributed by atoms with E-state index in [4.69, 9.17) is 0 Å². The third-order valence-electron chi connectivity index (χ3n) is 2.68. The lowest BCUT2D eigenvalue weighted by atomic mass is 10.9. The van der Waals surface area contributed by atoms with Crippen LogP contribution in [0.1, 0.15) is 41.5 Å². The number of halogens is 2. The molecule has 0 aromatic carbocycles. The van der Waals surface area contributed by atoms with Crippen LogP contribution in [0.3, 0.4) is 0 Å². The summed E-state index contributed by atoms with van der Waals surface area (Å²) < 4.78 is 0. The van der Waals surface area contributed by atoms with Gasteiger partial charge in [-0.1, -0.05) is 41.5 Å². The minimum atomic E-state index is 0. The van der Waals surface area contributed by atoms with Gasteiger partial charge in [0.05, 0.1) is 0 Å². The minimum Gasteiger partial charge on any atom is -0.114 e. The first-order valence-corrected chi connectivity index (χ1v) is 9.93. The highest BCUT2D eigenvalue weighted by Gasteiger charge is 1.94. The fourth-order valence-corrected chi connectivity index (χ4v) is 4.02. The molecule has 16 heavy (non-hydrogen) atoms. The van der Waals surface area contributed by atoms with Gasteiger partial charge in [-0.2, -0.15) is 0 Å². The Balaban J connectivity index is -0.0000000800. The minimum absolute atomic E-state index is 0. The molecule has 0 unspecified atom stereocenters. The average molecular weight is 398 g/mol. The van der Waals surface area contributed by atoms with Gasteiger partial charge in [0.25, 0.3) is 0 Å². The standard InChI is InChI=1S/2C6H15P.2BrH/c2*1-4-7(5-2)6-3;;/h2*4-6H2,1-3H3;2*1H. The summed E-state index contributed by atoms with van der Waals surface area (Å²) in [6.45, 7) is 13.7. The van der Waals surface area contributed by atoms with Gasteiger partial charge in [0.15, 0.2) is 0 Å². The summed E-state index contributed by atoms with van der Waals surface area (Å²) in [5.74, 6) is 0. The molecular weight excluding hydrogens is 366 g/mol. The zero-order chi connectivity index (χ0) is 11.4. The maximum Gasteiger partial charge on any atom is -0.0355 e. The predicted molar refractivity (Wildman–Crippen MR) is 97.7 cm³/mol. The summed E-state index contributed by atoms with van der Waals surface area (Å²) in [5.41, 5.74) is 0. The van der Waals surface area contributed by atoms with Gasteiger partial charge in [0.2, 0.25) is 0 Å². The fourth-order valence-electron chi connectivity index (χ4n) is 1.34. The Labute approximate surface area is 128 Å². The maximum absolute atomic E-state index is 2.29. The molecule has 0 radical (unpaired) electrons. The first-order chi connectivity index (χ1) is 6.69. The maximum atomic E-state index is 2.29. The van der Waals surface area contributed by atoms with Crippen molar-refractivity contribution in [3.8, 4) is 0 Å². The largest absolute Gasteiger partial charge is 0.114 e. The molecule has 0 saturated carbocycles. The van der Waals surface area contributed by atoms with Crippen LogP contribution in [-0.4, -0.2) is 37.0 Å². The second-order valence-electron chi connectivity index (χ2n) is 3.24. The lowest BCUT2D eigenvalue weighted by Crippen LogP contribution is -1.83. The molecule has 0 spiro atoms. The van der Waals surface area contributed by atoms with Crippen LogP contribution in [-0.2, 0) is 0 Å². The Morgan fingerprint density at radius 3 is 0.562 bits per heavy atom. The SMILES string of the molecule is Br.Br.CCP(CC)CC.CCP(CC)CC. The van der Waals surface area contributed by atoms with E-state index in [0.717, 1.165) is 0 Å². The van der Waals surface area contributed by atoms with E-state index in [2.05, 4.69) is 41.5 Å². The molecule has 0 amide bonds. The quantitative estimate of drug-likeness (QED) is 0.467. The van der Waals surface area contributed by atoms with E-state index in [-0.39, 0.29) is 34.0 Å². The monoisotopic (exact) mass is 396 g/mol. The smallest absolute Gasteiger partial charge is 0.0355 e. The van der Waals surface area contributed by atoms with E-state index in [1.807, 2.05) is 0 Å². The summed E-state index contributed by atoms with van der Waals surface area (Å²) in [6.07, 6.45) is 8.51. The molecule has 0 nitrogen and oxygen atoms in total. The van der Waals surface area contributed by atoms with E-state index in [1.54, 1.807) is 0 Å². The molecule has 4 heteroatoms. The molecule has 104 valence electrons. The number of hydrogen-bond donors (Lipinski definition) is 0. The van der Waals surface area contributed by atoms with Gasteiger partial charge in [-0.25, -0.2) is 0 Å². The highest BCUT2D eigenvalue weighted by molar-refractivity contribution is 8.93. The predicted octanol–water partition coefficient (Wildman–Crippen LogP) is 6.21. The van der Waals surface area contributed by atoms with Crippen molar-refractivity contribution in [1.29, 1.82) is 0 Å². The van der Waals surface area contributed by atoms with Gasteiger partial charge < -0.3 is 0 Å². The van der Waals surface area contributed by atoms with Crippen molar-refractivity contribution in [3.05, 3.63) is 0 Å². The molecular formula is C12H32Br2P2. The molecule has 0 heterocycles. The van der Waals surface area contributed by atoms with Crippen LogP contribution in [0.4, 0.5) is 0 Å². The second-order valence-corrected chi connectivity index (χ2v) is 9.72. The Hall–Kier alpha value is 1.82. The summed E-state index contributed by atoms with van der Waals surface area (Å²) in [6, 6.07) is 0. The molecule has 0 bridgehead atoms. The van der Waals surface area contributed by atoms with Gasteiger partial charge in [-0.05, 0) is 37.0 Å². The van der Waals surface area contributed by atoms with Crippen LogP contribution in [0.5, 0.6) is 0 Å². The van der Waals surface area contributed by atoms with E-state index in [0.29, 0.717) is 15.8 Å². The normalized spacial score (nSPS) is 9.00. The van der Waals surface area contributed by atoms with Crippen LogP contribution < -0.4 is 0 Å². The highest BCUT2D eigenvalue weighted by Crippen LogP contribution is 2.32. The van der Waals surface area contributed by atoms with Crippen molar-refractivity contribution in [3.63, 3.8) is 0 Å². The zero-order valence-electron chi connectivity index (χ0n) is 12.0. The first kappa shape index (κ1) is 26.4.